The number of pyridine rings is 1. The van der Waals surface area contributed by atoms with Crippen molar-refractivity contribution in [3.8, 4) is 0 Å². The van der Waals surface area contributed by atoms with Crippen molar-refractivity contribution < 1.29 is 28.9 Å². The Hall–Kier alpha value is -2.85. The van der Waals surface area contributed by atoms with Gasteiger partial charge in [-0.25, -0.2) is 9.37 Å². The molecule has 1 saturated heterocycles. The van der Waals surface area contributed by atoms with Crippen molar-refractivity contribution in [2.24, 2.45) is 0 Å². The lowest BCUT2D eigenvalue weighted by atomic mass is 9.98. The predicted octanol–water partition coefficient (Wildman–Crippen LogP) is 1.13. The second-order valence-electron chi connectivity index (χ2n) is 7.59. The number of carbonyl (C=O) groups is 1. The molecule has 1 aromatic carbocycles. The van der Waals surface area contributed by atoms with Gasteiger partial charge in [-0.15, -0.1) is 0 Å². The van der Waals surface area contributed by atoms with E-state index in [1.54, 1.807) is 30.5 Å². The SMILES string of the molecule is COC1(O)C=C(Cc2cc(C(=O)N[C@H]3CCOC[C@@H]3O)nc3c(F)cccc23)C=CN1. The van der Waals surface area contributed by atoms with Gasteiger partial charge in [0.1, 0.15) is 17.0 Å². The van der Waals surface area contributed by atoms with Crippen molar-refractivity contribution in [3.05, 3.63) is 65.3 Å². The molecule has 4 rings (SSSR count). The second kappa shape index (κ2) is 8.72. The normalized spacial score (nSPS) is 25.7. The Balaban J connectivity index is 1.69. The van der Waals surface area contributed by atoms with Crippen LogP contribution in [0.2, 0.25) is 0 Å². The maximum Gasteiger partial charge on any atom is 0.270 e. The fourth-order valence-electron chi connectivity index (χ4n) is 3.74. The fraction of sp³-hybridized carbons (Fsp3) is 0.364. The molecule has 2 aliphatic rings. The van der Waals surface area contributed by atoms with E-state index < -0.39 is 29.8 Å². The minimum Gasteiger partial charge on any atom is -0.389 e. The van der Waals surface area contributed by atoms with Gasteiger partial charge in [-0.05, 0) is 42.2 Å². The van der Waals surface area contributed by atoms with Gasteiger partial charge in [-0.1, -0.05) is 12.1 Å². The highest BCUT2D eigenvalue weighted by atomic mass is 19.1. The molecule has 3 atom stereocenters. The molecule has 2 aliphatic heterocycles. The maximum absolute atomic E-state index is 14.5. The number of hydrogen-bond donors (Lipinski definition) is 4. The summed E-state index contributed by atoms with van der Waals surface area (Å²) in [4.78, 5) is 17.1. The third-order valence-corrected chi connectivity index (χ3v) is 5.43. The number of hydrogen-bond acceptors (Lipinski definition) is 7. The summed E-state index contributed by atoms with van der Waals surface area (Å²) in [6.07, 6.45) is 4.80. The first-order valence-corrected chi connectivity index (χ1v) is 9.97. The highest BCUT2D eigenvalue weighted by Gasteiger charge is 2.27. The molecule has 1 fully saturated rings. The summed E-state index contributed by atoms with van der Waals surface area (Å²) in [7, 11) is 1.37. The van der Waals surface area contributed by atoms with Gasteiger partial charge < -0.3 is 30.3 Å². The third kappa shape index (κ3) is 4.59. The van der Waals surface area contributed by atoms with Crippen LogP contribution >= 0.6 is 0 Å². The van der Waals surface area contributed by atoms with Gasteiger partial charge in [-0.2, -0.15) is 0 Å². The number of amides is 1. The van der Waals surface area contributed by atoms with Crippen molar-refractivity contribution in [2.75, 3.05) is 20.3 Å². The van der Waals surface area contributed by atoms with E-state index >= 15 is 0 Å². The number of rotatable bonds is 5. The summed E-state index contributed by atoms with van der Waals surface area (Å²) in [5.74, 6) is -2.68. The molecule has 0 bridgehead atoms. The van der Waals surface area contributed by atoms with Crippen LogP contribution in [0.25, 0.3) is 10.9 Å². The van der Waals surface area contributed by atoms with Gasteiger partial charge >= 0.3 is 0 Å². The van der Waals surface area contributed by atoms with Gasteiger partial charge in [0.2, 0.25) is 0 Å². The molecule has 0 spiro atoms. The van der Waals surface area contributed by atoms with E-state index in [9.17, 15) is 19.4 Å². The average molecular weight is 429 g/mol. The number of aliphatic hydroxyl groups is 2. The van der Waals surface area contributed by atoms with Gasteiger partial charge in [0.25, 0.3) is 11.8 Å². The van der Waals surface area contributed by atoms with Crippen LogP contribution in [0.3, 0.4) is 0 Å². The Morgan fingerprint density at radius 1 is 1.48 bits per heavy atom. The number of halogens is 1. The summed E-state index contributed by atoms with van der Waals surface area (Å²) in [6, 6.07) is 5.74. The van der Waals surface area contributed by atoms with E-state index in [-0.39, 0.29) is 17.8 Å². The van der Waals surface area contributed by atoms with E-state index in [0.717, 1.165) is 0 Å². The highest BCUT2D eigenvalue weighted by molar-refractivity contribution is 5.96. The van der Waals surface area contributed by atoms with Crippen molar-refractivity contribution in [1.29, 1.82) is 0 Å². The topological polar surface area (TPSA) is 113 Å². The Labute approximate surface area is 178 Å². The van der Waals surface area contributed by atoms with Crippen molar-refractivity contribution in [3.63, 3.8) is 0 Å². The standard InChI is InChI=1S/C22H24FN3O5/c1-30-22(29)11-13(5-7-24-22)9-14-10-18(25-20-15(14)3-2-4-16(20)23)21(28)26-17-6-8-31-12-19(17)27/h2-5,7,10-11,17,19,24,27,29H,6,8-9,12H2,1H3,(H,26,28)/t17-,19-,22?/m0/s1. The number of carbonyl (C=O) groups excluding carboxylic acids is 1. The number of allylic oxidation sites excluding steroid dienone is 2. The molecule has 1 aromatic heterocycles. The lowest BCUT2D eigenvalue weighted by Gasteiger charge is -2.28. The van der Waals surface area contributed by atoms with Crippen LogP contribution in [0.15, 0.2) is 48.2 Å². The Kier molecular flexibility index (Phi) is 6.01. The van der Waals surface area contributed by atoms with Crippen LogP contribution in [-0.2, 0) is 15.9 Å². The molecule has 1 unspecified atom stereocenters. The maximum atomic E-state index is 14.5. The van der Waals surface area contributed by atoms with Gasteiger partial charge in [0.05, 0.1) is 18.8 Å². The molecule has 0 radical (unpaired) electrons. The highest BCUT2D eigenvalue weighted by Crippen LogP contribution is 2.26. The molecular formula is C22H24FN3O5. The average Bonchev–Trinajstić information content (AvgIpc) is 2.76. The first-order valence-electron chi connectivity index (χ1n) is 9.97. The molecule has 2 aromatic rings. The van der Waals surface area contributed by atoms with Crippen LogP contribution < -0.4 is 10.6 Å². The summed E-state index contributed by atoms with van der Waals surface area (Å²) in [5, 5.41) is 26.4. The lowest BCUT2D eigenvalue weighted by Crippen LogP contribution is -2.48. The monoisotopic (exact) mass is 429 g/mol. The van der Waals surface area contributed by atoms with Gasteiger partial charge in [0, 0.05) is 31.4 Å². The number of ether oxygens (including phenoxy) is 2. The number of aromatic nitrogens is 1. The lowest BCUT2D eigenvalue weighted by molar-refractivity contribution is -0.162. The molecule has 9 heteroatoms. The largest absolute Gasteiger partial charge is 0.389 e. The molecule has 1 amide bonds. The van der Waals surface area contributed by atoms with Crippen LogP contribution in [0.4, 0.5) is 4.39 Å². The van der Waals surface area contributed by atoms with Crippen LogP contribution in [-0.4, -0.2) is 59.5 Å². The fourth-order valence-corrected chi connectivity index (χ4v) is 3.74. The van der Waals surface area contributed by atoms with E-state index in [4.69, 9.17) is 9.47 Å². The summed E-state index contributed by atoms with van der Waals surface area (Å²) in [5.41, 5.74) is 1.51. The number of para-hydroxylation sites is 1. The summed E-state index contributed by atoms with van der Waals surface area (Å²) in [6.45, 7) is 0.580. The number of benzene rings is 1. The molecular weight excluding hydrogens is 405 g/mol. The van der Waals surface area contributed by atoms with Gasteiger partial charge in [-0.3, -0.25) is 4.79 Å². The summed E-state index contributed by atoms with van der Waals surface area (Å²) < 4.78 is 24.8. The quantitative estimate of drug-likeness (QED) is 0.527. The van der Waals surface area contributed by atoms with E-state index in [1.807, 2.05) is 0 Å². The predicted molar refractivity (Wildman–Crippen MR) is 110 cm³/mol. The first kappa shape index (κ1) is 21.4. The van der Waals surface area contributed by atoms with Crippen LogP contribution in [0.5, 0.6) is 0 Å². The molecule has 31 heavy (non-hydrogen) atoms. The zero-order valence-electron chi connectivity index (χ0n) is 17.0. The minimum atomic E-state index is -1.64. The molecule has 8 nitrogen and oxygen atoms in total. The van der Waals surface area contributed by atoms with E-state index in [1.165, 1.54) is 19.3 Å². The second-order valence-corrected chi connectivity index (χ2v) is 7.59. The van der Waals surface area contributed by atoms with Crippen molar-refractivity contribution >= 4 is 16.8 Å². The molecule has 3 heterocycles. The number of aliphatic hydroxyl groups excluding tert-OH is 1. The van der Waals surface area contributed by atoms with Crippen molar-refractivity contribution in [1.82, 2.24) is 15.6 Å². The Morgan fingerprint density at radius 3 is 3.10 bits per heavy atom. The molecule has 0 saturated carbocycles. The number of nitrogens with one attached hydrogen (secondary N) is 2. The van der Waals surface area contributed by atoms with E-state index in [0.29, 0.717) is 36.0 Å². The molecule has 164 valence electrons. The molecule has 0 aliphatic carbocycles. The number of methoxy groups -OCH3 is 1. The third-order valence-electron chi connectivity index (χ3n) is 5.43. The minimum absolute atomic E-state index is 0.0480. The van der Waals surface area contributed by atoms with E-state index in [2.05, 4.69) is 15.6 Å². The number of dihydropyridines is 1. The smallest absolute Gasteiger partial charge is 0.270 e. The van der Waals surface area contributed by atoms with Crippen molar-refractivity contribution in [2.45, 2.75) is 30.9 Å². The Morgan fingerprint density at radius 2 is 2.32 bits per heavy atom. The number of fused-ring (bicyclic) bond motifs is 1. The van der Waals surface area contributed by atoms with Gasteiger partial charge in [0.15, 0.2) is 0 Å². The summed E-state index contributed by atoms with van der Waals surface area (Å²) >= 11 is 0. The van der Waals surface area contributed by atoms with Crippen LogP contribution in [0.1, 0.15) is 22.5 Å². The van der Waals surface area contributed by atoms with Crippen LogP contribution in [0, 0.1) is 5.82 Å². The zero-order chi connectivity index (χ0) is 22.0. The first-order chi connectivity index (χ1) is 14.9. The Bertz CT molecular complexity index is 1060. The number of nitrogens with zero attached hydrogens (tertiary/aromatic N) is 1. The zero-order valence-corrected chi connectivity index (χ0v) is 17.0. The molecule has 4 N–H and O–H groups in total.